The molecular formula is C28H24ClN3O10. The zero-order valence-electron chi connectivity index (χ0n) is 22.3. The van der Waals surface area contributed by atoms with Gasteiger partial charge in [-0.05, 0) is 49.4 Å². The third kappa shape index (κ3) is 5.07. The van der Waals surface area contributed by atoms with Crippen molar-refractivity contribution in [2.45, 2.75) is 44.4 Å². The minimum atomic E-state index is -1.09. The van der Waals surface area contributed by atoms with Crippen molar-refractivity contribution in [2.24, 2.45) is 0 Å². The number of hydrogen-bond donors (Lipinski definition) is 1. The van der Waals surface area contributed by atoms with E-state index in [4.69, 9.17) is 21.1 Å². The number of non-ortho nitro benzene ring substituents is 1. The van der Waals surface area contributed by atoms with Gasteiger partial charge in [-0.3, -0.25) is 34.6 Å². The maximum absolute atomic E-state index is 13.4. The highest BCUT2D eigenvalue weighted by Gasteiger charge is 2.44. The Labute approximate surface area is 243 Å². The summed E-state index contributed by atoms with van der Waals surface area (Å²) in [6.07, 6.45) is 2.49. The van der Waals surface area contributed by atoms with Crippen LogP contribution in [0.25, 0.3) is 0 Å². The van der Waals surface area contributed by atoms with Crippen LogP contribution in [-0.4, -0.2) is 51.0 Å². The van der Waals surface area contributed by atoms with Crippen LogP contribution >= 0.6 is 11.6 Å². The molecule has 1 heterocycles. The van der Waals surface area contributed by atoms with Gasteiger partial charge < -0.3 is 19.5 Å². The molecule has 0 aromatic heterocycles. The van der Waals surface area contributed by atoms with E-state index >= 15 is 0 Å². The molecule has 0 unspecified atom stereocenters. The Bertz CT molecular complexity index is 1590. The zero-order valence-corrected chi connectivity index (χ0v) is 23.0. The van der Waals surface area contributed by atoms with Gasteiger partial charge >= 0.3 is 11.7 Å². The second-order valence-corrected chi connectivity index (χ2v) is 10.4. The number of benzene rings is 2. The molecule has 2 aromatic carbocycles. The number of ether oxygens (including phenoxy) is 2. The topological polar surface area (TPSA) is 179 Å². The van der Waals surface area contributed by atoms with Gasteiger partial charge in [0.2, 0.25) is 5.75 Å². The van der Waals surface area contributed by atoms with Crippen LogP contribution in [0, 0.1) is 20.2 Å². The number of carbonyl (C=O) groups is 3. The molecule has 0 saturated carbocycles. The van der Waals surface area contributed by atoms with Crippen molar-refractivity contribution >= 4 is 40.5 Å². The molecule has 2 aromatic rings. The molecule has 218 valence electrons. The summed E-state index contributed by atoms with van der Waals surface area (Å²) in [4.78, 5) is 61.3. The minimum absolute atomic E-state index is 0.0360. The lowest BCUT2D eigenvalue weighted by Gasteiger charge is -2.43. The van der Waals surface area contributed by atoms with Gasteiger partial charge in [0.15, 0.2) is 23.1 Å². The highest BCUT2D eigenvalue weighted by Crippen LogP contribution is 2.51. The Morgan fingerprint density at radius 1 is 0.976 bits per heavy atom. The first-order valence-electron chi connectivity index (χ1n) is 13.0. The number of allylic oxidation sites excluding steroid dienone is 4. The average molecular weight is 598 g/mol. The number of carboxylic acids is 1. The van der Waals surface area contributed by atoms with E-state index in [0.717, 1.165) is 18.2 Å². The lowest BCUT2D eigenvalue weighted by Crippen LogP contribution is -2.41. The summed E-state index contributed by atoms with van der Waals surface area (Å²) in [5, 5.41) is 32.3. The van der Waals surface area contributed by atoms with E-state index in [0.29, 0.717) is 53.8 Å². The predicted octanol–water partition coefficient (Wildman–Crippen LogP) is 5.46. The van der Waals surface area contributed by atoms with Crippen molar-refractivity contribution in [3.8, 4) is 17.2 Å². The Hall–Kier alpha value is -4.78. The van der Waals surface area contributed by atoms with Crippen LogP contribution in [0.5, 0.6) is 17.2 Å². The molecule has 0 bridgehead atoms. The number of nitro benzene ring substituents is 2. The number of nitro groups is 2. The molecule has 2 aliphatic carbocycles. The molecule has 5 rings (SSSR count). The van der Waals surface area contributed by atoms with Crippen LogP contribution in [0.4, 0.5) is 11.4 Å². The maximum atomic E-state index is 13.4. The van der Waals surface area contributed by atoms with E-state index in [-0.39, 0.29) is 53.2 Å². The lowest BCUT2D eigenvalue weighted by molar-refractivity contribution is -0.394. The summed E-state index contributed by atoms with van der Waals surface area (Å²) in [6.45, 7) is -0.379. The monoisotopic (exact) mass is 597 g/mol. The summed E-state index contributed by atoms with van der Waals surface area (Å²) < 4.78 is 11.3. The average Bonchev–Trinajstić information content (AvgIpc) is 2.94. The van der Waals surface area contributed by atoms with Gasteiger partial charge in [-0.2, -0.15) is 0 Å². The smallest absolute Gasteiger partial charge is 0.323 e. The van der Waals surface area contributed by atoms with Crippen LogP contribution in [-0.2, 0) is 14.4 Å². The van der Waals surface area contributed by atoms with E-state index < -0.39 is 33.1 Å². The van der Waals surface area contributed by atoms with Crippen molar-refractivity contribution in [2.75, 3.05) is 13.7 Å². The fourth-order valence-electron chi connectivity index (χ4n) is 5.84. The highest BCUT2D eigenvalue weighted by molar-refractivity contribution is 6.32. The zero-order chi connectivity index (χ0) is 30.3. The normalized spacial score (nSPS) is 17.1. The van der Waals surface area contributed by atoms with Crippen LogP contribution < -0.4 is 9.47 Å². The van der Waals surface area contributed by atoms with Gasteiger partial charge in [-0.1, -0.05) is 11.6 Å². The summed E-state index contributed by atoms with van der Waals surface area (Å²) >= 11 is 6.64. The standard InChI is InChI=1S/C28H24ClN3O10/c1-41-23-11-14(10-16(29)28(23)42-22-9-8-15(31(37)38)12-19(22)32(39)40)25-26-17(4-2-6-20(26)33)30(13-24(35)36)18-5-3-7-21(34)27(18)25/h8-12,25H,2-7,13H2,1H3,(H,35,36). The summed E-state index contributed by atoms with van der Waals surface area (Å²) in [5.41, 5.74) is 1.10. The lowest BCUT2D eigenvalue weighted by atomic mass is 9.71. The molecule has 0 fully saturated rings. The number of nitrogens with zero attached hydrogens (tertiary/aromatic N) is 3. The number of rotatable bonds is 8. The summed E-state index contributed by atoms with van der Waals surface area (Å²) in [5.74, 6) is -2.70. The molecular weight excluding hydrogens is 574 g/mol. The molecule has 3 aliphatic rings. The number of Topliss-reactive ketones (excluding diaryl/α,β-unsaturated/α-hetero) is 2. The number of methoxy groups -OCH3 is 1. The molecule has 42 heavy (non-hydrogen) atoms. The minimum Gasteiger partial charge on any atom is -0.493 e. The SMILES string of the molecule is COc1cc(C2C3=C(CCCC3=O)N(CC(=O)O)C3=C2C(=O)CCC3)cc(Cl)c1Oc1ccc([N+](=O)[O-])cc1[N+](=O)[O-]. The first kappa shape index (κ1) is 28.7. The maximum Gasteiger partial charge on any atom is 0.323 e. The van der Waals surface area contributed by atoms with Crippen molar-refractivity contribution in [3.05, 3.63) is 83.7 Å². The summed E-state index contributed by atoms with van der Waals surface area (Å²) in [6, 6.07) is 5.89. The third-order valence-corrected chi connectivity index (χ3v) is 7.81. The van der Waals surface area contributed by atoms with Crippen LogP contribution in [0.3, 0.4) is 0 Å². The molecule has 14 heteroatoms. The van der Waals surface area contributed by atoms with Crippen molar-refractivity contribution < 1.29 is 38.8 Å². The largest absolute Gasteiger partial charge is 0.493 e. The Morgan fingerprint density at radius 3 is 2.12 bits per heavy atom. The number of carbonyl (C=O) groups excluding carboxylic acids is 2. The molecule has 0 atom stereocenters. The Kier molecular flexibility index (Phi) is 7.69. The molecule has 0 saturated heterocycles. The molecule has 0 radical (unpaired) electrons. The molecule has 0 amide bonds. The summed E-state index contributed by atoms with van der Waals surface area (Å²) in [7, 11) is 1.31. The quantitative estimate of drug-likeness (QED) is 0.301. The van der Waals surface area contributed by atoms with Crippen LogP contribution in [0.15, 0.2) is 52.9 Å². The van der Waals surface area contributed by atoms with Crippen LogP contribution in [0.1, 0.15) is 50.0 Å². The van der Waals surface area contributed by atoms with Gasteiger partial charge in [0.25, 0.3) is 5.69 Å². The Morgan fingerprint density at radius 2 is 1.60 bits per heavy atom. The fourth-order valence-corrected chi connectivity index (χ4v) is 6.10. The van der Waals surface area contributed by atoms with Gasteiger partial charge in [-0.25, -0.2) is 0 Å². The van der Waals surface area contributed by atoms with E-state index in [1.54, 1.807) is 4.90 Å². The fraction of sp³-hybridized carbons (Fsp3) is 0.321. The van der Waals surface area contributed by atoms with E-state index in [1.807, 2.05) is 0 Å². The highest BCUT2D eigenvalue weighted by atomic mass is 35.5. The van der Waals surface area contributed by atoms with E-state index in [2.05, 4.69) is 0 Å². The third-order valence-electron chi connectivity index (χ3n) is 7.53. The number of halogens is 1. The number of aliphatic carboxylic acids is 1. The number of ketones is 2. The molecule has 0 spiro atoms. The molecule has 1 N–H and O–H groups in total. The second-order valence-electron chi connectivity index (χ2n) is 9.99. The Balaban J connectivity index is 1.65. The predicted molar refractivity (Wildman–Crippen MR) is 147 cm³/mol. The number of carboxylic acid groups (broad SMARTS) is 1. The molecule has 13 nitrogen and oxygen atoms in total. The van der Waals surface area contributed by atoms with Gasteiger partial charge in [0.1, 0.15) is 6.54 Å². The number of hydrogen-bond acceptors (Lipinski definition) is 10. The van der Waals surface area contributed by atoms with Crippen molar-refractivity contribution in [3.63, 3.8) is 0 Å². The first-order chi connectivity index (χ1) is 20.0. The van der Waals surface area contributed by atoms with E-state index in [9.17, 15) is 39.7 Å². The first-order valence-corrected chi connectivity index (χ1v) is 13.4. The van der Waals surface area contributed by atoms with Crippen molar-refractivity contribution in [1.29, 1.82) is 0 Å². The van der Waals surface area contributed by atoms with Gasteiger partial charge in [0, 0.05) is 47.4 Å². The van der Waals surface area contributed by atoms with Gasteiger partial charge in [0.05, 0.1) is 28.0 Å². The van der Waals surface area contributed by atoms with E-state index in [1.165, 1.54) is 19.2 Å². The molecule has 1 aliphatic heterocycles. The second kappa shape index (κ2) is 11.2. The van der Waals surface area contributed by atoms with Crippen molar-refractivity contribution in [1.82, 2.24) is 4.90 Å². The van der Waals surface area contributed by atoms with Crippen LogP contribution in [0.2, 0.25) is 5.02 Å². The van der Waals surface area contributed by atoms with Gasteiger partial charge in [-0.15, -0.1) is 0 Å².